The fourth-order valence-corrected chi connectivity index (χ4v) is 2.80. The topological polar surface area (TPSA) is 55.1 Å². The summed E-state index contributed by atoms with van der Waals surface area (Å²) in [5.74, 6) is -0.342. The molecule has 0 aliphatic rings. The number of nitrogens with zero attached hydrogens (tertiary/aromatic N) is 1. The SMILES string of the molecule is O=C(Nc1cc(Cl)ccc1Cl)c1csc(-c2ccoc2)n1. The number of rotatable bonds is 3. The maximum atomic E-state index is 12.2. The smallest absolute Gasteiger partial charge is 0.275 e. The van der Waals surface area contributed by atoms with E-state index >= 15 is 0 Å². The van der Waals surface area contributed by atoms with E-state index in [0.29, 0.717) is 26.4 Å². The Morgan fingerprint density at radius 3 is 2.90 bits per heavy atom. The Balaban J connectivity index is 1.81. The van der Waals surface area contributed by atoms with Gasteiger partial charge in [-0.1, -0.05) is 23.2 Å². The van der Waals surface area contributed by atoms with Crippen molar-refractivity contribution in [2.24, 2.45) is 0 Å². The molecule has 0 fully saturated rings. The number of carbonyl (C=O) groups excluding carboxylic acids is 1. The van der Waals surface area contributed by atoms with Crippen molar-refractivity contribution in [3.05, 3.63) is 57.9 Å². The number of hydrogen-bond donors (Lipinski definition) is 1. The van der Waals surface area contributed by atoms with Crippen LogP contribution in [0.3, 0.4) is 0 Å². The number of amides is 1. The van der Waals surface area contributed by atoms with E-state index in [-0.39, 0.29) is 5.91 Å². The van der Waals surface area contributed by atoms with Crippen LogP contribution in [0.5, 0.6) is 0 Å². The Morgan fingerprint density at radius 2 is 2.14 bits per heavy atom. The molecule has 1 N–H and O–H groups in total. The molecule has 2 heterocycles. The first-order valence-electron chi connectivity index (χ1n) is 5.88. The molecule has 0 aliphatic carbocycles. The molecule has 1 aromatic carbocycles. The first kappa shape index (κ1) is 14.1. The Kier molecular flexibility index (Phi) is 3.96. The highest BCUT2D eigenvalue weighted by Crippen LogP contribution is 2.27. The molecule has 2 aromatic heterocycles. The van der Waals surface area contributed by atoms with E-state index in [2.05, 4.69) is 10.3 Å². The highest BCUT2D eigenvalue weighted by atomic mass is 35.5. The first-order chi connectivity index (χ1) is 10.1. The Bertz CT molecular complexity index is 784. The average Bonchev–Trinajstić information content (AvgIpc) is 3.12. The third kappa shape index (κ3) is 3.10. The zero-order valence-electron chi connectivity index (χ0n) is 10.5. The minimum absolute atomic E-state index is 0.312. The second kappa shape index (κ2) is 5.89. The highest BCUT2D eigenvalue weighted by molar-refractivity contribution is 7.13. The van der Waals surface area contributed by atoms with Crippen LogP contribution in [-0.4, -0.2) is 10.9 Å². The van der Waals surface area contributed by atoms with E-state index in [0.717, 1.165) is 5.56 Å². The summed E-state index contributed by atoms with van der Waals surface area (Å²) < 4.78 is 5.00. The van der Waals surface area contributed by atoms with Crippen molar-refractivity contribution < 1.29 is 9.21 Å². The van der Waals surface area contributed by atoms with Crippen molar-refractivity contribution >= 4 is 46.1 Å². The summed E-state index contributed by atoms with van der Waals surface area (Å²) in [4.78, 5) is 16.4. The predicted octanol–water partition coefficient (Wildman–Crippen LogP) is 4.96. The van der Waals surface area contributed by atoms with Crippen molar-refractivity contribution in [2.75, 3.05) is 5.32 Å². The summed E-state index contributed by atoms with van der Waals surface area (Å²) >= 11 is 13.3. The Hall–Kier alpha value is -1.82. The fraction of sp³-hybridized carbons (Fsp3) is 0. The summed E-state index contributed by atoms with van der Waals surface area (Å²) in [5, 5.41) is 5.99. The van der Waals surface area contributed by atoms with Gasteiger partial charge in [-0.15, -0.1) is 11.3 Å². The molecule has 0 atom stereocenters. The number of benzene rings is 1. The van der Waals surface area contributed by atoms with E-state index in [1.807, 2.05) is 0 Å². The van der Waals surface area contributed by atoms with Gasteiger partial charge in [0.25, 0.3) is 5.91 Å². The maximum Gasteiger partial charge on any atom is 0.275 e. The number of anilines is 1. The molecule has 3 aromatic rings. The molecular formula is C14H8Cl2N2O2S. The van der Waals surface area contributed by atoms with Gasteiger partial charge in [-0.2, -0.15) is 0 Å². The summed E-state index contributed by atoms with van der Waals surface area (Å²) in [6, 6.07) is 6.65. The van der Waals surface area contributed by atoms with Crippen molar-refractivity contribution in [2.45, 2.75) is 0 Å². The summed E-state index contributed by atoms with van der Waals surface area (Å²) in [6.07, 6.45) is 3.14. The monoisotopic (exact) mass is 338 g/mol. The molecule has 0 saturated carbocycles. The van der Waals surface area contributed by atoms with Crippen LogP contribution in [-0.2, 0) is 0 Å². The summed E-state index contributed by atoms with van der Waals surface area (Å²) in [5.41, 5.74) is 1.60. The maximum absolute atomic E-state index is 12.2. The Morgan fingerprint density at radius 1 is 1.29 bits per heavy atom. The van der Waals surface area contributed by atoms with Crippen LogP contribution >= 0.6 is 34.5 Å². The molecule has 106 valence electrons. The molecule has 0 radical (unpaired) electrons. The predicted molar refractivity (Wildman–Crippen MR) is 84.2 cm³/mol. The standard InChI is InChI=1S/C14H8Cl2N2O2S/c15-9-1-2-10(16)11(5-9)17-13(19)12-7-21-14(18-12)8-3-4-20-6-8/h1-7H,(H,17,19). The lowest BCUT2D eigenvalue weighted by Crippen LogP contribution is -2.12. The number of furan rings is 1. The second-order valence-electron chi connectivity index (χ2n) is 4.13. The molecule has 4 nitrogen and oxygen atoms in total. The number of aromatic nitrogens is 1. The molecule has 0 bridgehead atoms. The van der Waals surface area contributed by atoms with Crippen LogP contribution in [0.1, 0.15) is 10.5 Å². The van der Waals surface area contributed by atoms with E-state index in [9.17, 15) is 4.79 Å². The second-order valence-corrected chi connectivity index (χ2v) is 5.83. The van der Waals surface area contributed by atoms with Crippen LogP contribution in [0.25, 0.3) is 10.6 Å². The third-order valence-corrected chi connectivity index (χ3v) is 4.14. The minimum Gasteiger partial charge on any atom is -0.472 e. The molecule has 0 spiro atoms. The molecule has 1 amide bonds. The van der Waals surface area contributed by atoms with Gasteiger partial charge in [0.2, 0.25) is 0 Å². The first-order valence-corrected chi connectivity index (χ1v) is 7.51. The van der Waals surface area contributed by atoms with Gasteiger partial charge in [-0.25, -0.2) is 4.98 Å². The number of nitrogens with one attached hydrogen (secondary N) is 1. The third-order valence-electron chi connectivity index (χ3n) is 2.68. The fourth-order valence-electron chi connectivity index (χ4n) is 1.68. The lowest BCUT2D eigenvalue weighted by molar-refractivity contribution is 0.102. The molecule has 0 saturated heterocycles. The van der Waals surface area contributed by atoms with Crippen molar-refractivity contribution in [1.82, 2.24) is 4.98 Å². The van der Waals surface area contributed by atoms with Gasteiger partial charge in [-0.05, 0) is 24.3 Å². The lowest BCUT2D eigenvalue weighted by Gasteiger charge is -2.05. The molecule has 0 aliphatic heterocycles. The average molecular weight is 339 g/mol. The lowest BCUT2D eigenvalue weighted by atomic mass is 10.3. The normalized spacial score (nSPS) is 10.6. The zero-order chi connectivity index (χ0) is 14.8. The van der Waals surface area contributed by atoms with Crippen molar-refractivity contribution in [3.63, 3.8) is 0 Å². The number of carbonyl (C=O) groups is 1. The Labute approximate surface area is 134 Å². The van der Waals surface area contributed by atoms with Gasteiger partial charge in [0, 0.05) is 16.0 Å². The molecule has 21 heavy (non-hydrogen) atoms. The number of thiazole rings is 1. The quantitative estimate of drug-likeness (QED) is 0.734. The number of halogens is 2. The zero-order valence-corrected chi connectivity index (χ0v) is 12.8. The summed E-state index contributed by atoms with van der Waals surface area (Å²) in [7, 11) is 0. The van der Waals surface area contributed by atoms with Crippen LogP contribution in [0.4, 0.5) is 5.69 Å². The van der Waals surface area contributed by atoms with Gasteiger partial charge < -0.3 is 9.73 Å². The largest absolute Gasteiger partial charge is 0.472 e. The van der Waals surface area contributed by atoms with Crippen molar-refractivity contribution in [3.8, 4) is 10.6 Å². The van der Waals surface area contributed by atoms with E-state index in [1.165, 1.54) is 11.3 Å². The van der Waals surface area contributed by atoms with Gasteiger partial charge in [0.1, 0.15) is 17.0 Å². The van der Waals surface area contributed by atoms with E-state index in [4.69, 9.17) is 27.6 Å². The van der Waals surface area contributed by atoms with E-state index < -0.39 is 0 Å². The van der Waals surface area contributed by atoms with Crippen LogP contribution < -0.4 is 5.32 Å². The van der Waals surface area contributed by atoms with Crippen molar-refractivity contribution in [1.29, 1.82) is 0 Å². The molecule has 3 rings (SSSR count). The van der Waals surface area contributed by atoms with Gasteiger partial charge in [0.15, 0.2) is 0 Å². The molecule has 0 unspecified atom stereocenters. The minimum atomic E-state index is -0.342. The van der Waals surface area contributed by atoms with Gasteiger partial charge >= 0.3 is 0 Å². The number of hydrogen-bond acceptors (Lipinski definition) is 4. The van der Waals surface area contributed by atoms with Crippen LogP contribution in [0.15, 0.2) is 46.6 Å². The van der Waals surface area contributed by atoms with Crippen LogP contribution in [0, 0.1) is 0 Å². The van der Waals surface area contributed by atoms with Gasteiger partial charge in [-0.3, -0.25) is 4.79 Å². The summed E-state index contributed by atoms with van der Waals surface area (Å²) in [6.45, 7) is 0. The van der Waals surface area contributed by atoms with E-state index in [1.54, 1.807) is 42.2 Å². The highest BCUT2D eigenvalue weighted by Gasteiger charge is 2.14. The molecular weight excluding hydrogens is 331 g/mol. The molecule has 7 heteroatoms. The van der Waals surface area contributed by atoms with Gasteiger partial charge in [0.05, 0.1) is 17.0 Å². The van der Waals surface area contributed by atoms with Crippen LogP contribution in [0.2, 0.25) is 10.0 Å².